The molecule has 0 unspecified atom stereocenters. The van der Waals surface area contributed by atoms with Crippen molar-refractivity contribution >= 4 is 0 Å². The molecule has 92 valence electrons. The number of aromatic nitrogens is 1. The first-order chi connectivity index (χ1) is 8.36. The minimum Gasteiger partial charge on any atom is -0.486 e. The highest BCUT2D eigenvalue weighted by atomic mass is 16.5. The fraction of sp³-hybridized carbons (Fsp3) is 0.643. The van der Waals surface area contributed by atoms with Crippen molar-refractivity contribution in [3.8, 4) is 5.75 Å². The summed E-state index contributed by atoms with van der Waals surface area (Å²) in [6.07, 6.45) is 11.1. The first-order valence-electron chi connectivity index (χ1n) is 6.69. The molecule has 3 rings (SSSR count). The first-order valence-corrected chi connectivity index (χ1v) is 6.69. The van der Waals surface area contributed by atoms with Gasteiger partial charge in [0, 0.05) is 12.2 Å². The molecule has 17 heavy (non-hydrogen) atoms. The maximum atomic E-state index is 6.14. The fourth-order valence-corrected chi connectivity index (χ4v) is 2.42. The zero-order valence-corrected chi connectivity index (χ0v) is 10.2. The molecule has 0 aromatic carbocycles. The van der Waals surface area contributed by atoms with Gasteiger partial charge in [-0.25, -0.2) is 0 Å². The van der Waals surface area contributed by atoms with E-state index in [1.807, 2.05) is 18.3 Å². The lowest BCUT2D eigenvalue weighted by Crippen LogP contribution is -2.45. The van der Waals surface area contributed by atoms with E-state index in [-0.39, 0.29) is 5.60 Å². The van der Waals surface area contributed by atoms with E-state index < -0.39 is 0 Å². The van der Waals surface area contributed by atoms with Crippen molar-refractivity contribution in [2.75, 3.05) is 6.54 Å². The van der Waals surface area contributed by atoms with Gasteiger partial charge in [-0.05, 0) is 57.2 Å². The van der Waals surface area contributed by atoms with E-state index in [1.165, 1.54) is 32.1 Å². The molecule has 0 saturated heterocycles. The highest BCUT2D eigenvalue weighted by Crippen LogP contribution is 2.39. The van der Waals surface area contributed by atoms with Crippen LogP contribution >= 0.6 is 0 Å². The van der Waals surface area contributed by atoms with Crippen molar-refractivity contribution < 1.29 is 4.74 Å². The Hall–Kier alpha value is -1.09. The molecule has 3 heteroatoms. The van der Waals surface area contributed by atoms with Crippen LogP contribution in [0.5, 0.6) is 5.75 Å². The Morgan fingerprint density at radius 1 is 1.41 bits per heavy atom. The highest BCUT2D eigenvalue weighted by molar-refractivity contribution is 5.17. The van der Waals surface area contributed by atoms with E-state index in [0.717, 1.165) is 24.8 Å². The maximum absolute atomic E-state index is 6.14. The van der Waals surface area contributed by atoms with E-state index in [4.69, 9.17) is 4.74 Å². The zero-order chi connectivity index (χ0) is 11.6. The SMILES string of the molecule is c1cncc(OC2(CCNC3CC3)CCC2)c1. The Kier molecular flexibility index (Phi) is 3.02. The third kappa shape index (κ3) is 2.78. The quantitative estimate of drug-likeness (QED) is 0.818. The third-order valence-corrected chi connectivity index (χ3v) is 3.82. The first kappa shape index (κ1) is 11.0. The minimum atomic E-state index is 0.0882. The molecule has 1 aromatic heterocycles. The molecule has 0 radical (unpaired) electrons. The van der Waals surface area contributed by atoms with E-state index in [0.29, 0.717) is 0 Å². The summed E-state index contributed by atoms with van der Waals surface area (Å²) in [7, 11) is 0. The summed E-state index contributed by atoms with van der Waals surface area (Å²) in [5.74, 6) is 0.915. The van der Waals surface area contributed by atoms with E-state index in [9.17, 15) is 0 Å². The molecule has 0 bridgehead atoms. The number of rotatable bonds is 6. The van der Waals surface area contributed by atoms with Gasteiger partial charge in [0.2, 0.25) is 0 Å². The van der Waals surface area contributed by atoms with Gasteiger partial charge in [0.15, 0.2) is 0 Å². The molecular formula is C14H20N2O. The predicted octanol–water partition coefficient (Wildman–Crippen LogP) is 2.53. The summed E-state index contributed by atoms with van der Waals surface area (Å²) in [4.78, 5) is 4.11. The summed E-state index contributed by atoms with van der Waals surface area (Å²) in [5, 5.41) is 3.57. The fourth-order valence-electron chi connectivity index (χ4n) is 2.42. The lowest BCUT2D eigenvalue weighted by molar-refractivity contribution is -0.0145. The van der Waals surface area contributed by atoms with Gasteiger partial charge in [-0.2, -0.15) is 0 Å². The molecule has 2 saturated carbocycles. The standard InChI is InChI=1S/C14H20N2O/c1-3-13(11-15-9-1)17-14(6-2-7-14)8-10-16-12-4-5-12/h1,3,9,11-12,16H,2,4-8,10H2. The smallest absolute Gasteiger partial charge is 0.138 e. The van der Waals surface area contributed by atoms with Crippen LogP contribution in [0, 0.1) is 0 Å². The van der Waals surface area contributed by atoms with Crippen molar-refractivity contribution in [1.29, 1.82) is 0 Å². The Labute approximate surface area is 103 Å². The number of nitrogens with one attached hydrogen (secondary N) is 1. The van der Waals surface area contributed by atoms with Gasteiger partial charge in [-0.15, -0.1) is 0 Å². The third-order valence-electron chi connectivity index (χ3n) is 3.82. The molecule has 1 aromatic rings. The topological polar surface area (TPSA) is 34.1 Å². The zero-order valence-electron chi connectivity index (χ0n) is 10.2. The van der Waals surface area contributed by atoms with Gasteiger partial charge in [0.05, 0.1) is 6.20 Å². The largest absolute Gasteiger partial charge is 0.486 e. The molecule has 2 aliphatic carbocycles. The summed E-state index contributed by atoms with van der Waals surface area (Å²) in [6.45, 7) is 1.09. The van der Waals surface area contributed by atoms with E-state index in [2.05, 4.69) is 10.3 Å². The van der Waals surface area contributed by atoms with Crippen LogP contribution in [-0.4, -0.2) is 23.2 Å². The number of hydrogen-bond donors (Lipinski definition) is 1. The monoisotopic (exact) mass is 232 g/mol. The van der Waals surface area contributed by atoms with Gasteiger partial charge in [-0.3, -0.25) is 4.98 Å². The maximum Gasteiger partial charge on any atom is 0.138 e. The Balaban J connectivity index is 1.53. The molecule has 0 atom stereocenters. The molecule has 2 fully saturated rings. The molecule has 1 heterocycles. The van der Waals surface area contributed by atoms with Crippen molar-refractivity contribution in [3.63, 3.8) is 0 Å². The summed E-state index contributed by atoms with van der Waals surface area (Å²) < 4.78 is 6.14. The van der Waals surface area contributed by atoms with Crippen molar-refractivity contribution in [1.82, 2.24) is 10.3 Å². The van der Waals surface area contributed by atoms with Crippen LogP contribution in [0.3, 0.4) is 0 Å². The molecule has 1 N–H and O–H groups in total. The van der Waals surface area contributed by atoms with Gasteiger partial charge < -0.3 is 10.1 Å². The van der Waals surface area contributed by atoms with Gasteiger partial charge in [0.1, 0.15) is 11.4 Å². The lowest BCUT2D eigenvalue weighted by Gasteiger charge is -2.42. The van der Waals surface area contributed by atoms with Crippen LogP contribution in [0.15, 0.2) is 24.5 Å². The Morgan fingerprint density at radius 2 is 2.29 bits per heavy atom. The van der Waals surface area contributed by atoms with Crippen LogP contribution < -0.4 is 10.1 Å². The minimum absolute atomic E-state index is 0.0882. The van der Waals surface area contributed by atoms with Gasteiger partial charge >= 0.3 is 0 Å². The molecular weight excluding hydrogens is 212 g/mol. The number of ether oxygens (including phenoxy) is 1. The Morgan fingerprint density at radius 3 is 2.88 bits per heavy atom. The van der Waals surface area contributed by atoms with E-state index in [1.54, 1.807) is 6.20 Å². The van der Waals surface area contributed by atoms with E-state index >= 15 is 0 Å². The second kappa shape index (κ2) is 4.65. The second-order valence-electron chi connectivity index (χ2n) is 5.31. The second-order valence-corrected chi connectivity index (χ2v) is 5.31. The van der Waals surface area contributed by atoms with Crippen LogP contribution in [0.25, 0.3) is 0 Å². The van der Waals surface area contributed by atoms with Gasteiger partial charge in [-0.1, -0.05) is 0 Å². The van der Waals surface area contributed by atoms with Crippen LogP contribution in [0.1, 0.15) is 38.5 Å². The number of nitrogens with zero attached hydrogens (tertiary/aromatic N) is 1. The average molecular weight is 232 g/mol. The molecule has 0 amide bonds. The van der Waals surface area contributed by atoms with Crippen molar-refractivity contribution in [2.45, 2.75) is 50.2 Å². The van der Waals surface area contributed by atoms with Crippen molar-refractivity contribution in [2.24, 2.45) is 0 Å². The number of pyridine rings is 1. The number of hydrogen-bond acceptors (Lipinski definition) is 3. The Bertz CT molecular complexity index is 358. The van der Waals surface area contributed by atoms with Gasteiger partial charge in [0.25, 0.3) is 0 Å². The van der Waals surface area contributed by atoms with Crippen molar-refractivity contribution in [3.05, 3.63) is 24.5 Å². The molecule has 3 nitrogen and oxygen atoms in total. The summed E-state index contributed by atoms with van der Waals surface area (Å²) >= 11 is 0. The molecule has 0 aliphatic heterocycles. The average Bonchev–Trinajstić information content (AvgIpc) is 3.11. The molecule has 2 aliphatic rings. The molecule has 0 spiro atoms. The normalized spacial score (nSPS) is 21.9. The lowest BCUT2D eigenvalue weighted by atomic mass is 9.77. The predicted molar refractivity (Wildman–Crippen MR) is 67.1 cm³/mol. The van der Waals surface area contributed by atoms with Crippen LogP contribution in [0.4, 0.5) is 0 Å². The van der Waals surface area contributed by atoms with Crippen LogP contribution in [-0.2, 0) is 0 Å². The summed E-state index contributed by atoms with van der Waals surface area (Å²) in [6, 6.07) is 4.73. The summed E-state index contributed by atoms with van der Waals surface area (Å²) in [5.41, 5.74) is 0.0882. The van der Waals surface area contributed by atoms with Crippen LogP contribution in [0.2, 0.25) is 0 Å². The highest BCUT2D eigenvalue weighted by Gasteiger charge is 2.39.